The molecule has 0 aromatic carbocycles. The van der Waals surface area contributed by atoms with E-state index in [1.165, 1.54) is 0 Å². The third-order valence-corrected chi connectivity index (χ3v) is 4.46. The Morgan fingerprint density at radius 2 is 1.57 bits per heavy atom. The van der Waals surface area contributed by atoms with Crippen molar-refractivity contribution < 1.29 is 14.6 Å². The van der Waals surface area contributed by atoms with Crippen molar-refractivity contribution in [2.45, 2.75) is 112 Å². The quantitative estimate of drug-likeness (QED) is 0.428. The molecule has 0 aliphatic rings. The summed E-state index contributed by atoms with van der Waals surface area (Å²) in [6.07, 6.45) is 4.64. The summed E-state index contributed by atoms with van der Waals surface area (Å²) in [5.41, 5.74) is -0.0582. The molecule has 1 amide bonds. The maximum atomic E-state index is 12.7. The molecule has 0 bridgehead atoms. The number of amides is 1. The maximum Gasteiger partial charge on any atom is 0.237 e. The van der Waals surface area contributed by atoms with Crippen molar-refractivity contribution in [2.75, 3.05) is 19.8 Å². The number of ether oxygens (including phenoxy) is 1. The number of nitrogens with one attached hydrogen (secondary N) is 2. The zero-order chi connectivity index (χ0) is 22.0. The van der Waals surface area contributed by atoms with E-state index in [0.29, 0.717) is 13.2 Å². The summed E-state index contributed by atoms with van der Waals surface area (Å²) >= 11 is 0. The molecule has 0 heterocycles. The Kier molecular flexibility index (Phi) is 11.9. The first-order valence-corrected chi connectivity index (χ1v) is 10.9. The van der Waals surface area contributed by atoms with Crippen molar-refractivity contribution in [1.82, 2.24) is 10.6 Å². The molecule has 0 radical (unpaired) electrons. The topological polar surface area (TPSA) is 70.6 Å². The van der Waals surface area contributed by atoms with E-state index >= 15 is 0 Å². The van der Waals surface area contributed by atoms with Crippen LogP contribution in [0.5, 0.6) is 0 Å². The van der Waals surface area contributed by atoms with E-state index in [0.717, 1.165) is 32.1 Å². The van der Waals surface area contributed by atoms with E-state index in [2.05, 4.69) is 52.2 Å². The highest BCUT2D eigenvalue weighted by Crippen LogP contribution is 2.22. The van der Waals surface area contributed by atoms with Gasteiger partial charge in [-0.1, -0.05) is 27.2 Å². The van der Waals surface area contributed by atoms with Crippen LogP contribution in [0, 0.1) is 11.3 Å². The predicted octanol–water partition coefficient (Wildman–Crippen LogP) is 4.28. The Morgan fingerprint density at radius 1 is 0.964 bits per heavy atom. The molecule has 3 N–H and O–H groups in total. The minimum atomic E-state index is -0.177. The molecule has 1 unspecified atom stereocenters. The average Bonchev–Trinajstić information content (AvgIpc) is 2.51. The average molecular weight is 401 g/mol. The molecule has 0 saturated heterocycles. The Morgan fingerprint density at radius 3 is 2.04 bits per heavy atom. The van der Waals surface area contributed by atoms with Crippen molar-refractivity contribution in [3.63, 3.8) is 0 Å². The van der Waals surface area contributed by atoms with Gasteiger partial charge in [-0.15, -0.1) is 0 Å². The molecular formula is C23H48N2O3. The highest BCUT2D eigenvalue weighted by molar-refractivity contribution is 5.81. The molecule has 0 rings (SSSR count). The second-order valence-corrected chi connectivity index (χ2v) is 11.3. The Hall–Kier alpha value is -0.650. The summed E-state index contributed by atoms with van der Waals surface area (Å²) in [6.45, 7) is 20.4. The molecule has 0 aromatic rings. The van der Waals surface area contributed by atoms with Crippen LogP contribution in [0.1, 0.15) is 94.4 Å². The molecule has 168 valence electrons. The van der Waals surface area contributed by atoms with Crippen molar-refractivity contribution in [2.24, 2.45) is 11.3 Å². The molecule has 0 aliphatic heterocycles. The van der Waals surface area contributed by atoms with Gasteiger partial charge in [0.1, 0.15) is 0 Å². The lowest BCUT2D eigenvalue weighted by Crippen LogP contribution is -2.52. The zero-order valence-electron chi connectivity index (χ0n) is 20.1. The minimum Gasteiger partial charge on any atom is -0.396 e. The summed E-state index contributed by atoms with van der Waals surface area (Å²) in [4.78, 5) is 12.7. The Labute approximate surface area is 174 Å². The maximum absolute atomic E-state index is 12.7. The van der Waals surface area contributed by atoms with Crippen LogP contribution in [0.25, 0.3) is 0 Å². The monoisotopic (exact) mass is 400 g/mol. The highest BCUT2D eigenvalue weighted by Gasteiger charge is 2.25. The molecule has 5 nitrogen and oxygen atoms in total. The molecule has 2 atom stereocenters. The molecule has 5 heteroatoms. The fraction of sp³-hybridized carbons (Fsp3) is 0.957. The van der Waals surface area contributed by atoms with Gasteiger partial charge in [-0.3, -0.25) is 4.79 Å². The van der Waals surface area contributed by atoms with Gasteiger partial charge in [0.25, 0.3) is 0 Å². The van der Waals surface area contributed by atoms with Crippen LogP contribution in [-0.4, -0.2) is 48.0 Å². The fourth-order valence-corrected chi connectivity index (χ4v) is 2.86. The van der Waals surface area contributed by atoms with Crippen LogP contribution in [0.15, 0.2) is 0 Å². The predicted molar refractivity (Wildman–Crippen MR) is 119 cm³/mol. The summed E-state index contributed by atoms with van der Waals surface area (Å²) in [5.74, 6) is 0.256. The lowest BCUT2D eigenvalue weighted by molar-refractivity contribution is -0.123. The number of unbranched alkanes of at least 4 members (excludes halogenated alkanes) is 1. The first-order valence-electron chi connectivity index (χ1n) is 10.9. The number of aliphatic hydroxyl groups is 1. The number of hydrogen-bond acceptors (Lipinski definition) is 4. The molecule has 0 spiro atoms. The second kappa shape index (κ2) is 12.1. The fourth-order valence-electron chi connectivity index (χ4n) is 2.86. The van der Waals surface area contributed by atoms with Crippen molar-refractivity contribution >= 4 is 5.91 Å². The molecule has 28 heavy (non-hydrogen) atoms. The number of rotatable bonds is 12. The summed E-state index contributed by atoms with van der Waals surface area (Å²) in [5, 5.41) is 16.1. The van der Waals surface area contributed by atoms with Gasteiger partial charge in [-0.05, 0) is 72.6 Å². The number of carbonyl (C=O) groups is 1. The zero-order valence-corrected chi connectivity index (χ0v) is 20.1. The van der Waals surface area contributed by atoms with E-state index < -0.39 is 0 Å². The molecule has 0 aliphatic carbocycles. The summed E-state index contributed by atoms with van der Waals surface area (Å²) in [7, 11) is 0. The van der Waals surface area contributed by atoms with Gasteiger partial charge in [0, 0.05) is 24.6 Å². The first kappa shape index (κ1) is 27.4. The molecule has 0 saturated carbocycles. The third-order valence-electron chi connectivity index (χ3n) is 4.46. The molecule has 0 fully saturated rings. The van der Waals surface area contributed by atoms with Gasteiger partial charge < -0.3 is 20.5 Å². The van der Waals surface area contributed by atoms with E-state index in [1.54, 1.807) is 0 Å². The smallest absolute Gasteiger partial charge is 0.237 e. The van der Waals surface area contributed by atoms with Crippen LogP contribution in [0.3, 0.4) is 0 Å². The summed E-state index contributed by atoms with van der Waals surface area (Å²) < 4.78 is 5.77. The first-order chi connectivity index (χ1) is 12.6. The van der Waals surface area contributed by atoms with Gasteiger partial charge in [-0.25, -0.2) is 0 Å². The van der Waals surface area contributed by atoms with Crippen LogP contribution < -0.4 is 10.6 Å². The Balaban J connectivity index is 4.31. The molecular weight excluding hydrogens is 352 g/mol. The third kappa shape index (κ3) is 16.3. The standard InChI is InChI=1S/C23H48N2O3/c1-21(2,3)14-13-19(25-22(4,5)6)20(27)24-15-11-10-12-18(16-26)17-28-23(7,8)9/h18-19,25-26H,10-17H2,1-9H3,(H,24,27)/t18?,19-/m0/s1. The molecule has 0 aromatic heterocycles. The van der Waals surface area contributed by atoms with E-state index in [4.69, 9.17) is 4.74 Å². The SMILES string of the molecule is CC(C)(C)CC[C@H](NC(C)(C)C)C(=O)NCCCCC(CO)COC(C)(C)C. The van der Waals surface area contributed by atoms with Crippen LogP contribution in [-0.2, 0) is 9.53 Å². The van der Waals surface area contributed by atoms with Crippen LogP contribution >= 0.6 is 0 Å². The van der Waals surface area contributed by atoms with Crippen LogP contribution in [0.4, 0.5) is 0 Å². The van der Waals surface area contributed by atoms with Crippen molar-refractivity contribution in [3.8, 4) is 0 Å². The normalized spacial score (nSPS) is 15.4. The van der Waals surface area contributed by atoms with E-state index in [-0.39, 0.29) is 41.0 Å². The van der Waals surface area contributed by atoms with Gasteiger partial charge in [0.2, 0.25) is 5.91 Å². The minimum absolute atomic E-state index is 0.0916. The number of carbonyl (C=O) groups excluding carboxylic acids is 1. The van der Waals surface area contributed by atoms with Gasteiger partial charge >= 0.3 is 0 Å². The van der Waals surface area contributed by atoms with Gasteiger partial charge in [0.15, 0.2) is 0 Å². The van der Waals surface area contributed by atoms with Gasteiger partial charge in [0.05, 0.1) is 18.2 Å². The Bertz CT molecular complexity index is 431. The lowest BCUT2D eigenvalue weighted by atomic mass is 9.88. The largest absolute Gasteiger partial charge is 0.396 e. The van der Waals surface area contributed by atoms with Crippen molar-refractivity contribution in [3.05, 3.63) is 0 Å². The van der Waals surface area contributed by atoms with E-state index in [1.807, 2.05) is 20.8 Å². The lowest BCUT2D eigenvalue weighted by Gasteiger charge is -2.30. The van der Waals surface area contributed by atoms with Gasteiger partial charge in [-0.2, -0.15) is 0 Å². The summed E-state index contributed by atoms with van der Waals surface area (Å²) in [6, 6.07) is -0.162. The highest BCUT2D eigenvalue weighted by atomic mass is 16.5. The van der Waals surface area contributed by atoms with Crippen LogP contribution in [0.2, 0.25) is 0 Å². The van der Waals surface area contributed by atoms with Crippen molar-refractivity contribution in [1.29, 1.82) is 0 Å². The van der Waals surface area contributed by atoms with E-state index in [9.17, 15) is 9.90 Å². The number of hydrogen-bond donors (Lipinski definition) is 3. The second-order valence-electron chi connectivity index (χ2n) is 11.3. The number of aliphatic hydroxyl groups excluding tert-OH is 1.